The van der Waals surface area contributed by atoms with Crippen LogP contribution in [0.5, 0.6) is 0 Å². The molecule has 120 valence electrons. The Kier molecular flexibility index (Phi) is 6.03. The van der Waals surface area contributed by atoms with Crippen LogP contribution in [0.3, 0.4) is 0 Å². The van der Waals surface area contributed by atoms with E-state index in [0.29, 0.717) is 32.4 Å². The van der Waals surface area contributed by atoms with Gasteiger partial charge in [0, 0.05) is 32.5 Å². The maximum atomic E-state index is 11.8. The van der Waals surface area contributed by atoms with E-state index >= 15 is 0 Å². The summed E-state index contributed by atoms with van der Waals surface area (Å²) in [6.45, 7) is 1.88. The molecule has 5 nitrogen and oxygen atoms in total. The van der Waals surface area contributed by atoms with Crippen LogP contribution in [0, 0.1) is 0 Å². The number of likely N-dealkylation sites (tertiary alicyclic amines) is 1. The van der Waals surface area contributed by atoms with E-state index in [1.165, 1.54) is 6.42 Å². The summed E-state index contributed by atoms with van der Waals surface area (Å²) < 4.78 is 0. The molecule has 0 unspecified atom stereocenters. The second kappa shape index (κ2) is 7.78. The van der Waals surface area contributed by atoms with Crippen molar-refractivity contribution in [3.8, 4) is 0 Å². The first-order valence-electron chi connectivity index (χ1n) is 8.36. The van der Waals surface area contributed by atoms with E-state index in [1.54, 1.807) is 0 Å². The maximum absolute atomic E-state index is 11.8. The number of piperidine rings is 1. The smallest absolute Gasteiger partial charge is 0.222 e. The Labute approximate surface area is 127 Å². The average molecular weight is 296 g/mol. The molecule has 2 aliphatic rings. The molecule has 0 spiro atoms. The van der Waals surface area contributed by atoms with Crippen molar-refractivity contribution >= 4 is 11.8 Å². The fourth-order valence-electron chi connectivity index (χ4n) is 3.27. The van der Waals surface area contributed by atoms with Crippen LogP contribution in [-0.4, -0.2) is 47.1 Å². The molecule has 1 heterocycles. The second-order valence-electron chi connectivity index (χ2n) is 6.50. The van der Waals surface area contributed by atoms with E-state index in [1.807, 2.05) is 4.90 Å². The van der Waals surface area contributed by atoms with Gasteiger partial charge in [0.25, 0.3) is 0 Å². The third kappa shape index (κ3) is 5.30. The van der Waals surface area contributed by atoms with Crippen LogP contribution >= 0.6 is 0 Å². The molecule has 2 fully saturated rings. The summed E-state index contributed by atoms with van der Waals surface area (Å²) in [6, 6.07) is 0. The molecule has 0 atom stereocenters. The molecule has 0 bridgehead atoms. The summed E-state index contributed by atoms with van der Waals surface area (Å²) in [7, 11) is 0. The Bertz CT molecular complexity index is 365. The molecular formula is C16H28N2O3. The zero-order valence-corrected chi connectivity index (χ0v) is 12.9. The van der Waals surface area contributed by atoms with Crippen molar-refractivity contribution in [3.05, 3.63) is 0 Å². The highest BCUT2D eigenvalue weighted by atomic mass is 16.3. The van der Waals surface area contributed by atoms with Crippen LogP contribution in [0.25, 0.3) is 0 Å². The molecule has 1 saturated carbocycles. The number of nitrogens with zero attached hydrogens (tertiary/aromatic N) is 1. The van der Waals surface area contributed by atoms with Crippen molar-refractivity contribution < 1.29 is 14.7 Å². The van der Waals surface area contributed by atoms with E-state index in [-0.39, 0.29) is 11.8 Å². The minimum absolute atomic E-state index is 0.0153. The van der Waals surface area contributed by atoms with Crippen LogP contribution in [0.2, 0.25) is 0 Å². The molecule has 0 aromatic carbocycles. The zero-order chi connectivity index (χ0) is 15.1. The molecular weight excluding hydrogens is 268 g/mol. The van der Waals surface area contributed by atoms with E-state index in [2.05, 4.69) is 5.32 Å². The molecule has 21 heavy (non-hydrogen) atoms. The van der Waals surface area contributed by atoms with Crippen molar-refractivity contribution in [1.29, 1.82) is 0 Å². The van der Waals surface area contributed by atoms with Gasteiger partial charge in [-0.3, -0.25) is 9.59 Å². The number of aliphatic hydroxyl groups is 1. The van der Waals surface area contributed by atoms with Crippen molar-refractivity contribution in [2.45, 2.75) is 69.8 Å². The van der Waals surface area contributed by atoms with Gasteiger partial charge in [-0.1, -0.05) is 19.3 Å². The minimum atomic E-state index is -0.698. The second-order valence-corrected chi connectivity index (χ2v) is 6.50. The molecule has 0 aromatic heterocycles. The summed E-state index contributed by atoms with van der Waals surface area (Å²) in [5, 5.41) is 13.2. The van der Waals surface area contributed by atoms with E-state index in [9.17, 15) is 14.7 Å². The molecule has 2 amide bonds. The molecule has 1 aliphatic carbocycles. The lowest BCUT2D eigenvalue weighted by Gasteiger charge is -2.32. The van der Waals surface area contributed by atoms with Crippen LogP contribution in [0.4, 0.5) is 0 Å². The van der Waals surface area contributed by atoms with Gasteiger partial charge in [-0.15, -0.1) is 0 Å². The maximum Gasteiger partial charge on any atom is 0.222 e. The third-order valence-electron chi connectivity index (χ3n) is 4.65. The largest absolute Gasteiger partial charge is 0.388 e. The predicted molar refractivity (Wildman–Crippen MR) is 80.7 cm³/mol. The molecule has 1 aliphatic heterocycles. The standard InChI is InChI=1S/C16H28N2O3/c19-14(17-13-16(21)9-3-1-4-10-16)7-6-12-18-11-5-2-8-15(18)20/h21H,1-13H2,(H,17,19). The Balaban J connectivity index is 1.60. The molecule has 1 saturated heterocycles. The number of nitrogens with one attached hydrogen (secondary N) is 1. The summed E-state index contributed by atoms with van der Waals surface area (Å²) in [5.41, 5.74) is -0.698. The van der Waals surface area contributed by atoms with Gasteiger partial charge in [0.2, 0.25) is 11.8 Å². The fourth-order valence-corrected chi connectivity index (χ4v) is 3.27. The monoisotopic (exact) mass is 296 g/mol. The molecule has 5 heteroatoms. The lowest BCUT2D eigenvalue weighted by Crippen LogP contribution is -2.44. The van der Waals surface area contributed by atoms with Crippen LogP contribution in [0.1, 0.15) is 64.2 Å². The summed E-state index contributed by atoms with van der Waals surface area (Å²) >= 11 is 0. The van der Waals surface area contributed by atoms with Crippen molar-refractivity contribution in [2.75, 3.05) is 19.6 Å². The SMILES string of the molecule is O=C(CCCN1CCCCC1=O)NCC1(O)CCCCC1. The van der Waals surface area contributed by atoms with Crippen LogP contribution in [-0.2, 0) is 9.59 Å². The van der Waals surface area contributed by atoms with Crippen LogP contribution < -0.4 is 5.32 Å². The average Bonchev–Trinajstić information content (AvgIpc) is 2.48. The fraction of sp³-hybridized carbons (Fsp3) is 0.875. The first kappa shape index (κ1) is 16.3. The molecule has 0 aromatic rings. The van der Waals surface area contributed by atoms with Crippen LogP contribution in [0.15, 0.2) is 0 Å². The highest BCUT2D eigenvalue weighted by Crippen LogP contribution is 2.27. The Hall–Kier alpha value is -1.10. The van der Waals surface area contributed by atoms with E-state index in [4.69, 9.17) is 0 Å². The van der Waals surface area contributed by atoms with Crippen molar-refractivity contribution in [1.82, 2.24) is 10.2 Å². The van der Waals surface area contributed by atoms with Gasteiger partial charge in [0.15, 0.2) is 0 Å². The third-order valence-corrected chi connectivity index (χ3v) is 4.65. The number of hydrogen-bond donors (Lipinski definition) is 2. The number of amides is 2. The lowest BCUT2D eigenvalue weighted by molar-refractivity contribution is -0.133. The zero-order valence-electron chi connectivity index (χ0n) is 12.9. The number of carbonyl (C=O) groups excluding carboxylic acids is 2. The summed E-state index contributed by atoms with van der Waals surface area (Å²) in [4.78, 5) is 25.3. The predicted octanol–water partition coefficient (Wildman–Crippen LogP) is 1.59. The van der Waals surface area contributed by atoms with Crippen molar-refractivity contribution in [3.63, 3.8) is 0 Å². The van der Waals surface area contributed by atoms with E-state index < -0.39 is 5.60 Å². The van der Waals surface area contributed by atoms with Gasteiger partial charge >= 0.3 is 0 Å². The number of rotatable bonds is 6. The molecule has 2 rings (SSSR count). The highest BCUT2D eigenvalue weighted by molar-refractivity contribution is 5.77. The van der Waals surface area contributed by atoms with Crippen molar-refractivity contribution in [2.24, 2.45) is 0 Å². The Morgan fingerprint density at radius 3 is 2.67 bits per heavy atom. The number of hydrogen-bond acceptors (Lipinski definition) is 3. The topological polar surface area (TPSA) is 69.6 Å². The summed E-state index contributed by atoms with van der Waals surface area (Å²) in [6.07, 6.45) is 8.70. The van der Waals surface area contributed by atoms with Gasteiger partial charge in [-0.2, -0.15) is 0 Å². The lowest BCUT2D eigenvalue weighted by atomic mass is 9.85. The Morgan fingerprint density at radius 1 is 1.19 bits per heavy atom. The highest BCUT2D eigenvalue weighted by Gasteiger charge is 2.29. The van der Waals surface area contributed by atoms with Gasteiger partial charge in [0.1, 0.15) is 0 Å². The minimum Gasteiger partial charge on any atom is -0.388 e. The first-order valence-corrected chi connectivity index (χ1v) is 8.36. The van der Waals surface area contributed by atoms with Gasteiger partial charge in [-0.25, -0.2) is 0 Å². The quantitative estimate of drug-likeness (QED) is 0.782. The van der Waals surface area contributed by atoms with Gasteiger partial charge < -0.3 is 15.3 Å². The van der Waals surface area contributed by atoms with Gasteiger partial charge in [0.05, 0.1) is 5.60 Å². The molecule has 2 N–H and O–H groups in total. The normalized spacial score (nSPS) is 22.1. The van der Waals surface area contributed by atoms with Gasteiger partial charge in [-0.05, 0) is 32.1 Å². The number of carbonyl (C=O) groups is 2. The first-order chi connectivity index (χ1) is 10.1. The summed E-state index contributed by atoms with van der Waals surface area (Å²) in [5.74, 6) is 0.205. The Morgan fingerprint density at radius 2 is 1.95 bits per heavy atom. The van der Waals surface area contributed by atoms with E-state index in [0.717, 1.165) is 45.1 Å². The molecule has 0 radical (unpaired) electrons.